The summed E-state index contributed by atoms with van der Waals surface area (Å²) in [6.45, 7) is 0.451. The Hall–Kier alpha value is -3.79. The molecule has 1 aliphatic rings. The highest BCUT2D eigenvalue weighted by molar-refractivity contribution is 6.29. The monoisotopic (exact) mass is 412 g/mol. The van der Waals surface area contributed by atoms with E-state index >= 15 is 0 Å². The number of benzene rings is 1. The van der Waals surface area contributed by atoms with Crippen molar-refractivity contribution in [2.24, 2.45) is 0 Å². The Balaban J connectivity index is 1.51. The number of fused-ring (bicyclic) bond motifs is 1. The zero-order valence-corrected chi connectivity index (χ0v) is 16.6. The summed E-state index contributed by atoms with van der Waals surface area (Å²) in [5.74, 6) is 0.236. The second-order valence-electron chi connectivity index (χ2n) is 7.48. The highest BCUT2D eigenvalue weighted by atomic mass is 16.4. The minimum atomic E-state index is -1.68. The van der Waals surface area contributed by atoms with Gasteiger partial charge in [0.2, 0.25) is 11.5 Å². The fourth-order valence-corrected chi connectivity index (χ4v) is 3.71. The largest absolute Gasteiger partial charge is 0.438 e. The van der Waals surface area contributed by atoms with Crippen molar-refractivity contribution < 1.29 is 14.3 Å². The van der Waals surface area contributed by atoms with Crippen molar-refractivity contribution in [3.63, 3.8) is 0 Å². The van der Waals surface area contributed by atoms with E-state index in [-0.39, 0.29) is 23.7 Å². The minimum Gasteiger partial charge on any atom is -0.438 e. The molecule has 4 aromatic rings. The third-order valence-electron chi connectivity index (χ3n) is 5.41. The Kier molecular flexibility index (Phi) is 4.26. The fraction of sp³-hybridized carbons (Fsp3) is 0.190. The topological polar surface area (TPSA) is 131 Å². The quantitative estimate of drug-likeness (QED) is 0.472. The normalized spacial score (nSPS) is 18.8. The van der Waals surface area contributed by atoms with Crippen molar-refractivity contribution in [3.05, 3.63) is 48.4 Å². The van der Waals surface area contributed by atoms with Crippen molar-refractivity contribution in [2.75, 3.05) is 19.3 Å². The lowest BCUT2D eigenvalue weighted by Gasteiger charge is -2.17. The number of nitrogens with two attached hydrogens (primary N) is 1. The summed E-state index contributed by atoms with van der Waals surface area (Å²) < 4.78 is 5.79. The molecule has 1 saturated heterocycles. The molecule has 4 heterocycles. The Morgan fingerprint density at radius 1 is 1.19 bits per heavy atom. The second-order valence-corrected chi connectivity index (χ2v) is 7.48. The third kappa shape index (κ3) is 3.12. The van der Waals surface area contributed by atoms with E-state index in [4.69, 9.17) is 18.0 Å². The number of anilines is 1. The number of likely N-dealkylation sites (tertiary alicyclic amines) is 1. The molecule has 9 nitrogen and oxygen atoms in total. The van der Waals surface area contributed by atoms with Crippen molar-refractivity contribution in [1.82, 2.24) is 24.8 Å². The van der Waals surface area contributed by atoms with Gasteiger partial charge in [-0.2, -0.15) is 0 Å². The van der Waals surface area contributed by atoms with Crippen molar-refractivity contribution in [2.45, 2.75) is 12.0 Å². The molecule has 152 valence electrons. The van der Waals surface area contributed by atoms with Gasteiger partial charge in [0.25, 0.3) is 5.91 Å². The molecular formula is C21H17BN6O3. The van der Waals surface area contributed by atoms with E-state index in [2.05, 4.69) is 19.9 Å². The predicted molar refractivity (Wildman–Crippen MR) is 114 cm³/mol. The summed E-state index contributed by atoms with van der Waals surface area (Å²) in [7, 11) is 7.28. The average Bonchev–Trinajstić information content (AvgIpc) is 3.36. The van der Waals surface area contributed by atoms with Gasteiger partial charge < -0.3 is 20.2 Å². The van der Waals surface area contributed by atoms with Gasteiger partial charge in [-0.25, -0.2) is 19.9 Å². The molecule has 0 spiro atoms. The van der Waals surface area contributed by atoms with Crippen LogP contribution < -0.4 is 11.5 Å². The van der Waals surface area contributed by atoms with Gasteiger partial charge >= 0.3 is 0 Å². The molecule has 0 saturated carbocycles. The molecule has 0 aliphatic carbocycles. The van der Waals surface area contributed by atoms with Gasteiger partial charge in [-0.15, -0.1) is 0 Å². The van der Waals surface area contributed by atoms with E-state index < -0.39 is 11.5 Å². The number of aliphatic hydroxyl groups is 1. The van der Waals surface area contributed by atoms with E-state index in [1.54, 1.807) is 13.1 Å². The predicted octanol–water partition coefficient (Wildman–Crippen LogP) is 0.772. The number of oxazole rings is 1. The van der Waals surface area contributed by atoms with Crippen LogP contribution in [0.5, 0.6) is 0 Å². The standard InChI is InChI=1S/C21H17BN6O3/c1-28-8-7-21(30,19(28)29)15-10-24-18(31-15)12-4-2-3-11(9-12)13-5-6-14-16(25-13)17(23)27-20(22)26-14/h2-6,9-10,30H,7-8H2,1H3,(H2,23,26,27). The lowest BCUT2D eigenvalue weighted by atomic mass is 10.0. The molecule has 31 heavy (non-hydrogen) atoms. The summed E-state index contributed by atoms with van der Waals surface area (Å²) in [5.41, 5.74) is 7.51. The van der Waals surface area contributed by atoms with Gasteiger partial charge in [-0.05, 0) is 24.3 Å². The number of hydrogen-bond donors (Lipinski definition) is 2. The number of amides is 1. The summed E-state index contributed by atoms with van der Waals surface area (Å²) in [4.78, 5) is 30.7. The SMILES string of the molecule is [B]c1nc(N)c2nc(-c3cccc(-c4ncc(C5(O)CCN(C)C5=O)o4)c3)ccc2n1. The lowest BCUT2D eigenvalue weighted by molar-refractivity contribution is -0.144. The maximum absolute atomic E-state index is 12.3. The number of likely N-dealkylation sites (N-methyl/N-ethyl adjacent to an activating group) is 1. The number of hydrogen-bond acceptors (Lipinski definition) is 8. The third-order valence-corrected chi connectivity index (χ3v) is 5.41. The van der Waals surface area contributed by atoms with Crippen LogP contribution in [0.25, 0.3) is 33.7 Å². The Morgan fingerprint density at radius 3 is 2.77 bits per heavy atom. The highest BCUT2D eigenvalue weighted by Gasteiger charge is 2.48. The van der Waals surface area contributed by atoms with Gasteiger partial charge in [0, 0.05) is 31.1 Å². The lowest BCUT2D eigenvalue weighted by Crippen LogP contribution is -2.35. The van der Waals surface area contributed by atoms with E-state index in [0.717, 1.165) is 5.56 Å². The van der Waals surface area contributed by atoms with Crippen molar-refractivity contribution in [3.8, 4) is 22.7 Å². The molecule has 0 bridgehead atoms. The fourth-order valence-electron chi connectivity index (χ4n) is 3.71. The Bertz CT molecular complexity index is 1340. The van der Waals surface area contributed by atoms with Gasteiger partial charge in [0.15, 0.2) is 19.4 Å². The molecular weight excluding hydrogens is 395 g/mol. The Labute approximate surface area is 178 Å². The highest BCUT2D eigenvalue weighted by Crippen LogP contribution is 2.35. The summed E-state index contributed by atoms with van der Waals surface area (Å²) >= 11 is 0. The number of nitrogen functional groups attached to an aromatic ring is 1. The van der Waals surface area contributed by atoms with Crippen molar-refractivity contribution >= 4 is 36.3 Å². The Morgan fingerprint density at radius 2 is 2.00 bits per heavy atom. The van der Waals surface area contributed by atoms with Gasteiger partial charge in [0.1, 0.15) is 5.52 Å². The molecule has 1 fully saturated rings. The molecule has 3 aromatic heterocycles. The van der Waals surface area contributed by atoms with Gasteiger partial charge in [-0.1, -0.05) is 12.1 Å². The van der Waals surface area contributed by atoms with Crippen LogP contribution in [-0.2, 0) is 10.4 Å². The molecule has 10 heteroatoms. The number of nitrogens with zero attached hydrogens (tertiary/aromatic N) is 5. The van der Waals surface area contributed by atoms with Crippen LogP contribution in [0.3, 0.4) is 0 Å². The molecule has 1 amide bonds. The van der Waals surface area contributed by atoms with Crippen LogP contribution in [0.15, 0.2) is 47.0 Å². The van der Waals surface area contributed by atoms with E-state index in [0.29, 0.717) is 34.7 Å². The molecule has 1 unspecified atom stereocenters. The van der Waals surface area contributed by atoms with Gasteiger partial charge in [0.05, 0.1) is 23.1 Å². The van der Waals surface area contributed by atoms with Crippen LogP contribution in [-0.4, -0.2) is 57.3 Å². The average molecular weight is 412 g/mol. The molecule has 1 atom stereocenters. The molecule has 1 aliphatic heterocycles. The van der Waals surface area contributed by atoms with E-state index in [1.807, 2.05) is 30.3 Å². The first-order chi connectivity index (χ1) is 14.8. The molecule has 2 radical (unpaired) electrons. The first-order valence-electron chi connectivity index (χ1n) is 9.60. The number of rotatable bonds is 3. The second kappa shape index (κ2) is 6.88. The number of carbonyl (C=O) groups is 1. The van der Waals surface area contributed by atoms with Gasteiger partial charge in [-0.3, -0.25) is 4.79 Å². The zero-order chi connectivity index (χ0) is 21.8. The van der Waals surface area contributed by atoms with Crippen LogP contribution >= 0.6 is 0 Å². The van der Waals surface area contributed by atoms with Crippen LogP contribution in [0.4, 0.5) is 5.82 Å². The zero-order valence-electron chi connectivity index (χ0n) is 16.6. The van der Waals surface area contributed by atoms with Crippen LogP contribution in [0.1, 0.15) is 12.2 Å². The summed E-state index contributed by atoms with van der Waals surface area (Å²) in [6, 6.07) is 11.0. The molecule has 1 aromatic carbocycles. The van der Waals surface area contributed by atoms with Crippen molar-refractivity contribution in [1.29, 1.82) is 0 Å². The van der Waals surface area contributed by atoms with E-state index in [1.165, 1.54) is 11.1 Å². The minimum absolute atomic E-state index is 0.0924. The summed E-state index contributed by atoms with van der Waals surface area (Å²) in [6.07, 6.45) is 1.65. The number of pyridine rings is 1. The number of carbonyl (C=O) groups excluding carboxylic acids is 1. The van der Waals surface area contributed by atoms with E-state index in [9.17, 15) is 9.90 Å². The van der Waals surface area contributed by atoms with Crippen LogP contribution in [0.2, 0.25) is 0 Å². The first kappa shape index (κ1) is 19.2. The number of aromatic nitrogens is 4. The molecule has 3 N–H and O–H groups in total. The smallest absolute Gasteiger partial charge is 0.262 e. The van der Waals surface area contributed by atoms with Crippen LogP contribution in [0, 0.1) is 0 Å². The maximum Gasteiger partial charge on any atom is 0.262 e. The molecule has 5 rings (SSSR count). The maximum atomic E-state index is 12.3. The summed E-state index contributed by atoms with van der Waals surface area (Å²) in [5, 5.41) is 10.8. The first-order valence-corrected chi connectivity index (χ1v) is 9.60.